The van der Waals surface area contributed by atoms with E-state index >= 15 is 0 Å². The van der Waals surface area contributed by atoms with Gasteiger partial charge < -0.3 is 0 Å². The standard InChI is InChI=1S/C6H6BrClF3N/c1-12-5(7)4(2-3-8)6(9,10)11/h2H,3H2,1H3. The van der Waals surface area contributed by atoms with Crippen molar-refractivity contribution in [2.45, 2.75) is 6.18 Å². The Morgan fingerprint density at radius 2 is 2.08 bits per heavy atom. The third-order valence-corrected chi connectivity index (χ3v) is 1.94. The summed E-state index contributed by atoms with van der Waals surface area (Å²) in [4.78, 5) is 3.36. The van der Waals surface area contributed by atoms with Crippen LogP contribution in [-0.4, -0.2) is 23.7 Å². The lowest BCUT2D eigenvalue weighted by Crippen LogP contribution is -2.16. The van der Waals surface area contributed by atoms with Crippen LogP contribution in [0.15, 0.2) is 16.6 Å². The molecule has 0 heterocycles. The lowest BCUT2D eigenvalue weighted by Gasteiger charge is -2.08. The van der Waals surface area contributed by atoms with Crippen LogP contribution in [0.1, 0.15) is 0 Å². The van der Waals surface area contributed by atoms with E-state index in [0.29, 0.717) is 0 Å². The lowest BCUT2D eigenvalue weighted by molar-refractivity contribution is -0.0858. The first-order valence-electron chi connectivity index (χ1n) is 2.89. The molecule has 0 fully saturated rings. The summed E-state index contributed by atoms with van der Waals surface area (Å²) in [6, 6.07) is 0. The molecular formula is C6H6BrClF3N. The van der Waals surface area contributed by atoms with Gasteiger partial charge in [-0.05, 0) is 15.9 Å². The molecule has 70 valence electrons. The van der Waals surface area contributed by atoms with Crippen molar-refractivity contribution in [3.05, 3.63) is 11.6 Å². The van der Waals surface area contributed by atoms with Crippen LogP contribution in [0, 0.1) is 0 Å². The molecule has 6 heteroatoms. The van der Waals surface area contributed by atoms with E-state index in [1.807, 2.05) is 0 Å². The minimum absolute atomic E-state index is 0.195. The van der Waals surface area contributed by atoms with E-state index in [0.717, 1.165) is 6.08 Å². The van der Waals surface area contributed by atoms with E-state index in [4.69, 9.17) is 11.6 Å². The summed E-state index contributed by atoms with van der Waals surface area (Å²) < 4.78 is 36.1. The van der Waals surface area contributed by atoms with Crippen LogP contribution >= 0.6 is 27.5 Å². The van der Waals surface area contributed by atoms with Gasteiger partial charge in [0.25, 0.3) is 0 Å². The van der Waals surface area contributed by atoms with Crippen LogP contribution in [0.5, 0.6) is 0 Å². The predicted molar refractivity (Wildman–Crippen MR) is 47.1 cm³/mol. The SMILES string of the molecule is CN=C(Br)C(=CCCl)C(F)(F)F. The number of rotatable bonds is 2. The molecule has 0 unspecified atom stereocenters. The van der Waals surface area contributed by atoms with Gasteiger partial charge in [-0.3, -0.25) is 4.99 Å². The quantitative estimate of drug-likeness (QED) is 0.537. The average molecular weight is 264 g/mol. The summed E-state index contributed by atoms with van der Waals surface area (Å²) in [5, 5.41) is 0. The molecule has 0 saturated carbocycles. The largest absolute Gasteiger partial charge is 0.418 e. The number of alkyl halides is 4. The Labute approximate surface area is 81.4 Å². The third kappa shape index (κ3) is 3.58. The Morgan fingerprint density at radius 3 is 2.33 bits per heavy atom. The smallest absolute Gasteiger partial charge is 0.281 e. The first-order chi connectivity index (χ1) is 5.43. The fourth-order valence-corrected chi connectivity index (χ4v) is 1.06. The van der Waals surface area contributed by atoms with Crippen molar-refractivity contribution in [2.24, 2.45) is 4.99 Å². The molecule has 0 aliphatic carbocycles. The van der Waals surface area contributed by atoms with E-state index < -0.39 is 11.7 Å². The molecule has 0 saturated heterocycles. The van der Waals surface area contributed by atoms with E-state index in [2.05, 4.69) is 20.9 Å². The predicted octanol–water partition coefficient (Wildman–Crippen LogP) is 3.14. The zero-order valence-corrected chi connectivity index (χ0v) is 8.46. The normalized spacial score (nSPS) is 15.2. The topological polar surface area (TPSA) is 12.4 Å². The van der Waals surface area contributed by atoms with Crippen LogP contribution < -0.4 is 0 Å². The zero-order valence-electron chi connectivity index (χ0n) is 6.12. The van der Waals surface area contributed by atoms with Gasteiger partial charge in [0.05, 0.1) is 5.57 Å². The maximum atomic E-state index is 12.1. The minimum Gasteiger partial charge on any atom is -0.281 e. The van der Waals surface area contributed by atoms with Gasteiger partial charge in [-0.15, -0.1) is 11.6 Å². The minimum atomic E-state index is -4.41. The molecule has 0 aliphatic heterocycles. The van der Waals surface area contributed by atoms with Crippen LogP contribution in [0.4, 0.5) is 13.2 Å². The van der Waals surface area contributed by atoms with Crippen molar-refractivity contribution in [3.8, 4) is 0 Å². The molecule has 12 heavy (non-hydrogen) atoms. The van der Waals surface area contributed by atoms with Gasteiger partial charge in [0.2, 0.25) is 0 Å². The van der Waals surface area contributed by atoms with Gasteiger partial charge in [-0.2, -0.15) is 13.2 Å². The summed E-state index contributed by atoms with van der Waals surface area (Å²) in [6.07, 6.45) is -3.55. The molecule has 0 N–H and O–H groups in total. The molecule has 0 bridgehead atoms. The molecule has 0 aromatic rings. The second-order valence-electron chi connectivity index (χ2n) is 1.78. The van der Waals surface area contributed by atoms with Gasteiger partial charge in [0.15, 0.2) is 0 Å². The van der Waals surface area contributed by atoms with Crippen LogP contribution in [-0.2, 0) is 0 Å². The van der Waals surface area contributed by atoms with Crippen LogP contribution in [0.3, 0.4) is 0 Å². The Hall–Kier alpha value is -0.0300. The van der Waals surface area contributed by atoms with Crippen molar-refractivity contribution in [3.63, 3.8) is 0 Å². The monoisotopic (exact) mass is 263 g/mol. The van der Waals surface area contributed by atoms with Gasteiger partial charge in [0, 0.05) is 12.9 Å². The summed E-state index contributed by atoms with van der Waals surface area (Å²) >= 11 is 7.83. The highest BCUT2D eigenvalue weighted by Gasteiger charge is 2.35. The Bertz CT molecular complexity index is 209. The van der Waals surface area contributed by atoms with Crippen LogP contribution in [0.2, 0.25) is 0 Å². The number of hydrogen-bond donors (Lipinski definition) is 0. The molecule has 0 aromatic heterocycles. The van der Waals surface area contributed by atoms with Gasteiger partial charge in [0.1, 0.15) is 4.62 Å². The number of hydrogen-bond acceptors (Lipinski definition) is 1. The maximum absolute atomic E-state index is 12.1. The van der Waals surface area contributed by atoms with Gasteiger partial charge in [-0.1, -0.05) is 6.08 Å². The highest BCUT2D eigenvalue weighted by molar-refractivity contribution is 9.18. The van der Waals surface area contributed by atoms with E-state index in [1.54, 1.807) is 0 Å². The first kappa shape index (κ1) is 12.0. The molecule has 0 amide bonds. The molecule has 0 spiro atoms. The molecule has 0 aromatic carbocycles. The molecular weight excluding hydrogens is 258 g/mol. The van der Waals surface area contributed by atoms with Crippen molar-refractivity contribution >= 4 is 32.2 Å². The number of halogens is 5. The molecule has 0 radical (unpaired) electrons. The zero-order chi connectivity index (χ0) is 9.78. The van der Waals surface area contributed by atoms with Crippen molar-refractivity contribution < 1.29 is 13.2 Å². The summed E-state index contributed by atoms with van der Waals surface area (Å²) in [5.74, 6) is -0.195. The average Bonchev–Trinajstić information content (AvgIpc) is 1.96. The third-order valence-electron chi connectivity index (χ3n) is 1.01. The first-order valence-corrected chi connectivity index (χ1v) is 4.22. The summed E-state index contributed by atoms with van der Waals surface area (Å²) in [5.41, 5.74) is -0.847. The Morgan fingerprint density at radius 1 is 1.58 bits per heavy atom. The van der Waals surface area contributed by atoms with Crippen LogP contribution in [0.25, 0.3) is 0 Å². The summed E-state index contributed by atoms with van der Waals surface area (Å²) in [6.45, 7) is 0. The van der Waals surface area contributed by atoms with E-state index in [9.17, 15) is 13.2 Å². The second-order valence-corrected chi connectivity index (χ2v) is 2.84. The summed E-state index contributed by atoms with van der Waals surface area (Å²) in [7, 11) is 1.26. The van der Waals surface area contributed by atoms with Crippen molar-refractivity contribution in [2.75, 3.05) is 12.9 Å². The highest BCUT2D eigenvalue weighted by Crippen LogP contribution is 2.28. The van der Waals surface area contributed by atoms with Gasteiger partial charge in [-0.25, -0.2) is 0 Å². The molecule has 0 atom stereocenters. The Balaban J connectivity index is 4.82. The second kappa shape index (κ2) is 4.87. The highest BCUT2D eigenvalue weighted by atomic mass is 79.9. The molecule has 0 rings (SSSR count). The fraction of sp³-hybridized carbons (Fsp3) is 0.500. The van der Waals surface area contributed by atoms with Gasteiger partial charge >= 0.3 is 6.18 Å². The molecule has 1 nitrogen and oxygen atoms in total. The van der Waals surface area contributed by atoms with Crippen molar-refractivity contribution in [1.82, 2.24) is 0 Å². The van der Waals surface area contributed by atoms with E-state index in [-0.39, 0.29) is 10.5 Å². The fourth-order valence-electron chi connectivity index (χ4n) is 0.515. The molecule has 0 aliphatic rings. The lowest BCUT2D eigenvalue weighted by atomic mass is 10.3. The Kier molecular flexibility index (Phi) is 4.85. The van der Waals surface area contributed by atoms with Crippen molar-refractivity contribution in [1.29, 1.82) is 0 Å². The number of nitrogens with zero attached hydrogens (tertiary/aromatic N) is 1. The maximum Gasteiger partial charge on any atom is 0.418 e. The van der Waals surface area contributed by atoms with E-state index in [1.165, 1.54) is 7.05 Å². The number of allylic oxidation sites excluding steroid dienone is 2. The number of aliphatic imine (C=N–C) groups is 1.